The highest BCUT2D eigenvalue weighted by Gasteiger charge is 2.14. The van der Waals surface area contributed by atoms with E-state index in [9.17, 15) is 0 Å². The Kier molecular flexibility index (Phi) is 2.03. The Morgan fingerprint density at radius 2 is 2.09 bits per heavy atom. The van der Waals surface area contributed by atoms with Gasteiger partial charge in [-0.25, -0.2) is 0 Å². The highest BCUT2D eigenvalue weighted by molar-refractivity contribution is 5.12. The summed E-state index contributed by atoms with van der Waals surface area (Å²) in [6.07, 6.45) is 2.84. The molecule has 0 N–H and O–H groups in total. The van der Waals surface area contributed by atoms with Gasteiger partial charge < -0.3 is 4.52 Å². The van der Waals surface area contributed by atoms with E-state index >= 15 is 0 Å². The number of rotatable bonds is 1. The summed E-state index contributed by atoms with van der Waals surface area (Å²) in [5, 5.41) is 3.73. The zero-order valence-corrected chi connectivity index (χ0v) is 7.64. The summed E-state index contributed by atoms with van der Waals surface area (Å²) in [5.41, 5.74) is 1.54. The van der Waals surface area contributed by atoms with Gasteiger partial charge in [-0.3, -0.25) is 0 Å². The van der Waals surface area contributed by atoms with Gasteiger partial charge in [-0.1, -0.05) is 25.9 Å². The molecule has 0 aliphatic carbocycles. The standard InChI is InChI=1S/C9H15NO/c1-7-8(6-10-11-7)5-9(2,3)4/h6H,5H2,1-4H3. The molecule has 0 bridgehead atoms. The lowest BCUT2D eigenvalue weighted by atomic mass is 9.89. The third kappa shape index (κ3) is 2.37. The molecule has 0 spiro atoms. The van der Waals surface area contributed by atoms with Gasteiger partial charge in [0.2, 0.25) is 0 Å². The fourth-order valence-electron chi connectivity index (χ4n) is 1.06. The lowest BCUT2D eigenvalue weighted by Crippen LogP contribution is -2.09. The maximum absolute atomic E-state index is 4.96. The van der Waals surface area contributed by atoms with Gasteiger partial charge in [0, 0.05) is 5.56 Å². The largest absolute Gasteiger partial charge is 0.361 e. The monoisotopic (exact) mass is 153 g/mol. The van der Waals surface area contributed by atoms with Crippen LogP contribution in [0.2, 0.25) is 0 Å². The number of nitrogens with zero attached hydrogens (tertiary/aromatic N) is 1. The lowest BCUT2D eigenvalue weighted by molar-refractivity contribution is 0.384. The zero-order valence-electron chi connectivity index (χ0n) is 7.64. The molecule has 0 radical (unpaired) electrons. The molecule has 2 nitrogen and oxygen atoms in total. The van der Waals surface area contributed by atoms with E-state index in [4.69, 9.17) is 4.52 Å². The molecule has 1 aromatic rings. The van der Waals surface area contributed by atoms with Crippen molar-refractivity contribution >= 4 is 0 Å². The quantitative estimate of drug-likeness (QED) is 0.619. The van der Waals surface area contributed by atoms with Gasteiger partial charge in [-0.15, -0.1) is 0 Å². The van der Waals surface area contributed by atoms with E-state index in [0.717, 1.165) is 12.2 Å². The molecule has 0 saturated heterocycles. The van der Waals surface area contributed by atoms with Crippen LogP contribution in [-0.2, 0) is 6.42 Å². The van der Waals surface area contributed by atoms with Crippen LogP contribution in [0.1, 0.15) is 32.1 Å². The minimum Gasteiger partial charge on any atom is -0.361 e. The van der Waals surface area contributed by atoms with Crippen LogP contribution in [0.15, 0.2) is 10.7 Å². The predicted molar refractivity (Wildman–Crippen MR) is 44.4 cm³/mol. The molecule has 2 heteroatoms. The first-order valence-corrected chi connectivity index (χ1v) is 3.89. The van der Waals surface area contributed by atoms with E-state index < -0.39 is 0 Å². The molecule has 0 aliphatic heterocycles. The van der Waals surface area contributed by atoms with Crippen molar-refractivity contribution in [3.63, 3.8) is 0 Å². The Balaban J connectivity index is 2.72. The molecule has 0 saturated carbocycles. The van der Waals surface area contributed by atoms with Crippen molar-refractivity contribution in [1.82, 2.24) is 5.16 Å². The lowest BCUT2D eigenvalue weighted by Gasteiger charge is -2.16. The normalized spacial score (nSPS) is 12.0. The predicted octanol–water partition coefficient (Wildman–Crippen LogP) is 2.57. The second-order valence-electron chi connectivity index (χ2n) is 4.14. The van der Waals surface area contributed by atoms with Crippen LogP contribution in [0.4, 0.5) is 0 Å². The van der Waals surface area contributed by atoms with E-state index in [1.54, 1.807) is 6.20 Å². The van der Waals surface area contributed by atoms with E-state index in [0.29, 0.717) is 5.41 Å². The first-order valence-electron chi connectivity index (χ1n) is 3.89. The summed E-state index contributed by atoms with van der Waals surface area (Å²) >= 11 is 0. The van der Waals surface area contributed by atoms with Gasteiger partial charge >= 0.3 is 0 Å². The van der Waals surface area contributed by atoms with Crippen LogP contribution in [0.5, 0.6) is 0 Å². The highest BCUT2D eigenvalue weighted by atomic mass is 16.5. The minimum absolute atomic E-state index is 0.316. The summed E-state index contributed by atoms with van der Waals surface area (Å²) in [4.78, 5) is 0. The average Bonchev–Trinajstić information content (AvgIpc) is 2.12. The maximum atomic E-state index is 4.96. The van der Waals surface area contributed by atoms with Crippen molar-refractivity contribution in [2.24, 2.45) is 5.41 Å². The van der Waals surface area contributed by atoms with Crippen molar-refractivity contribution in [3.8, 4) is 0 Å². The van der Waals surface area contributed by atoms with Crippen molar-refractivity contribution in [1.29, 1.82) is 0 Å². The Morgan fingerprint density at radius 1 is 1.45 bits per heavy atom. The van der Waals surface area contributed by atoms with Gasteiger partial charge in [-0.05, 0) is 18.8 Å². The Hall–Kier alpha value is -0.790. The second-order valence-corrected chi connectivity index (χ2v) is 4.14. The van der Waals surface area contributed by atoms with Crippen molar-refractivity contribution < 1.29 is 4.52 Å². The van der Waals surface area contributed by atoms with Crippen molar-refractivity contribution in [2.75, 3.05) is 0 Å². The Morgan fingerprint density at radius 3 is 2.45 bits per heavy atom. The fourth-order valence-corrected chi connectivity index (χ4v) is 1.06. The SMILES string of the molecule is Cc1oncc1CC(C)(C)C. The zero-order chi connectivity index (χ0) is 8.48. The van der Waals surface area contributed by atoms with Gasteiger partial charge in [0.05, 0.1) is 6.20 Å². The molecule has 1 heterocycles. The molecule has 1 aromatic heterocycles. The summed E-state index contributed by atoms with van der Waals surface area (Å²) in [6.45, 7) is 8.58. The van der Waals surface area contributed by atoms with E-state index in [1.807, 2.05) is 6.92 Å². The highest BCUT2D eigenvalue weighted by Crippen LogP contribution is 2.21. The van der Waals surface area contributed by atoms with Crippen molar-refractivity contribution in [2.45, 2.75) is 34.1 Å². The average molecular weight is 153 g/mol. The number of hydrogen-bond donors (Lipinski definition) is 0. The maximum Gasteiger partial charge on any atom is 0.136 e. The third-order valence-corrected chi connectivity index (χ3v) is 1.57. The topological polar surface area (TPSA) is 26.0 Å². The van der Waals surface area contributed by atoms with Crippen LogP contribution in [0, 0.1) is 12.3 Å². The Bertz CT molecular complexity index is 232. The van der Waals surface area contributed by atoms with E-state index in [2.05, 4.69) is 25.9 Å². The van der Waals surface area contributed by atoms with Crippen LogP contribution >= 0.6 is 0 Å². The van der Waals surface area contributed by atoms with Gasteiger partial charge in [0.1, 0.15) is 5.76 Å². The molecule has 0 amide bonds. The molecule has 11 heavy (non-hydrogen) atoms. The molecular weight excluding hydrogens is 138 g/mol. The second kappa shape index (κ2) is 2.68. The molecule has 62 valence electrons. The molecular formula is C9H15NO. The smallest absolute Gasteiger partial charge is 0.136 e. The van der Waals surface area contributed by atoms with Gasteiger partial charge in [0.15, 0.2) is 0 Å². The molecule has 0 unspecified atom stereocenters. The van der Waals surface area contributed by atoms with Crippen LogP contribution in [-0.4, -0.2) is 5.16 Å². The summed E-state index contributed by atoms with van der Waals surface area (Å²) in [6, 6.07) is 0. The van der Waals surface area contributed by atoms with E-state index in [1.165, 1.54) is 5.56 Å². The third-order valence-electron chi connectivity index (χ3n) is 1.57. The van der Waals surface area contributed by atoms with Crippen LogP contribution in [0.3, 0.4) is 0 Å². The Labute approximate surface area is 67.6 Å². The number of hydrogen-bond acceptors (Lipinski definition) is 2. The molecule has 1 rings (SSSR count). The van der Waals surface area contributed by atoms with Gasteiger partial charge in [-0.2, -0.15) is 0 Å². The van der Waals surface area contributed by atoms with Crippen LogP contribution in [0.25, 0.3) is 0 Å². The van der Waals surface area contributed by atoms with E-state index in [-0.39, 0.29) is 0 Å². The molecule has 0 atom stereocenters. The molecule has 0 aliphatic rings. The number of aromatic nitrogens is 1. The van der Waals surface area contributed by atoms with Gasteiger partial charge in [0.25, 0.3) is 0 Å². The summed E-state index contributed by atoms with van der Waals surface area (Å²) in [5.74, 6) is 0.944. The summed E-state index contributed by atoms with van der Waals surface area (Å²) in [7, 11) is 0. The molecule has 0 fully saturated rings. The number of aryl methyl sites for hydroxylation is 1. The first kappa shape index (κ1) is 8.31. The fraction of sp³-hybridized carbons (Fsp3) is 0.667. The molecule has 0 aromatic carbocycles. The van der Waals surface area contributed by atoms with Crippen molar-refractivity contribution in [3.05, 3.63) is 17.5 Å². The van der Waals surface area contributed by atoms with Crippen LogP contribution < -0.4 is 0 Å². The summed E-state index contributed by atoms with van der Waals surface area (Å²) < 4.78 is 4.96. The minimum atomic E-state index is 0.316. The first-order chi connectivity index (χ1) is 4.99.